The molecule has 5 nitrogen and oxygen atoms in total. The second-order valence-corrected chi connectivity index (χ2v) is 6.34. The number of ether oxygens (including phenoxy) is 1. The highest BCUT2D eigenvalue weighted by Gasteiger charge is 2.12. The third kappa shape index (κ3) is 2.88. The van der Waals surface area contributed by atoms with Crippen LogP contribution in [-0.2, 0) is 0 Å². The number of rotatable bonds is 3. The van der Waals surface area contributed by atoms with Crippen LogP contribution in [0.3, 0.4) is 0 Å². The van der Waals surface area contributed by atoms with Crippen LogP contribution in [0.5, 0.6) is 10.9 Å². The molecule has 3 aromatic heterocycles. The molecule has 114 valence electrons. The van der Waals surface area contributed by atoms with Crippen molar-refractivity contribution in [1.29, 1.82) is 0 Å². The van der Waals surface area contributed by atoms with Gasteiger partial charge in [-0.2, -0.15) is 0 Å². The number of benzene rings is 1. The molecule has 23 heavy (non-hydrogen) atoms. The number of fused-ring (bicyclic) bond motifs is 1. The van der Waals surface area contributed by atoms with E-state index >= 15 is 0 Å². The van der Waals surface area contributed by atoms with Gasteiger partial charge in [0, 0.05) is 16.8 Å². The molecule has 0 spiro atoms. The van der Waals surface area contributed by atoms with Crippen molar-refractivity contribution in [3.05, 3.63) is 59.0 Å². The zero-order valence-corrected chi connectivity index (χ0v) is 13.8. The summed E-state index contributed by atoms with van der Waals surface area (Å²) >= 11 is 13.2. The van der Waals surface area contributed by atoms with Crippen LogP contribution in [0.2, 0.25) is 10.2 Å². The van der Waals surface area contributed by atoms with Gasteiger partial charge >= 0.3 is 0 Å². The lowest BCUT2D eigenvalue weighted by atomic mass is 10.2. The minimum Gasteiger partial charge on any atom is -0.426 e. The Bertz CT molecular complexity index is 949. The average molecular weight is 363 g/mol. The van der Waals surface area contributed by atoms with Crippen LogP contribution < -0.4 is 4.74 Å². The largest absolute Gasteiger partial charge is 0.426 e. The van der Waals surface area contributed by atoms with E-state index in [0.29, 0.717) is 21.1 Å². The zero-order valence-electron chi connectivity index (χ0n) is 11.5. The van der Waals surface area contributed by atoms with Crippen LogP contribution >= 0.6 is 34.5 Å². The molecular weight excluding hydrogens is 355 g/mol. The molecule has 0 atom stereocenters. The molecule has 0 aliphatic carbocycles. The first-order valence-corrected chi connectivity index (χ1v) is 8.17. The Morgan fingerprint density at radius 1 is 1.09 bits per heavy atom. The van der Waals surface area contributed by atoms with Crippen molar-refractivity contribution < 1.29 is 4.74 Å². The fourth-order valence-corrected chi connectivity index (χ4v) is 3.06. The van der Waals surface area contributed by atoms with Crippen molar-refractivity contribution in [3.63, 3.8) is 0 Å². The highest BCUT2D eigenvalue weighted by Crippen LogP contribution is 2.31. The Morgan fingerprint density at radius 2 is 1.91 bits per heavy atom. The van der Waals surface area contributed by atoms with E-state index in [9.17, 15) is 0 Å². The first-order chi connectivity index (χ1) is 11.2. The molecular formula is C15H8Cl2N4OS. The first-order valence-electron chi connectivity index (χ1n) is 6.59. The minimum absolute atomic E-state index is 0.294. The molecule has 0 saturated heterocycles. The smallest absolute Gasteiger partial charge is 0.299 e. The van der Waals surface area contributed by atoms with Gasteiger partial charge in [0.05, 0.1) is 11.9 Å². The molecule has 8 heteroatoms. The van der Waals surface area contributed by atoms with Crippen LogP contribution in [0, 0.1) is 0 Å². The Morgan fingerprint density at radius 3 is 2.65 bits per heavy atom. The molecule has 0 aliphatic heterocycles. The summed E-state index contributed by atoms with van der Waals surface area (Å²) in [4.78, 5) is 9.23. The number of aromatic nitrogens is 4. The second-order valence-electron chi connectivity index (χ2n) is 4.62. The van der Waals surface area contributed by atoms with Gasteiger partial charge in [0.2, 0.25) is 4.96 Å². The number of halogens is 2. The molecule has 0 N–H and O–H groups in total. The maximum Gasteiger partial charge on any atom is 0.299 e. The van der Waals surface area contributed by atoms with Crippen LogP contribution in [0.4, 0.5) is 0 Å². The summed E-state index contributed by atoms with van der Waals surface area (Å²) < 4.78 is 7.32. The molecule has 0 radical (unpaired) electrons. The second kappa shape index (κ2) is 5.81. The number of nitrogens with zero attached hydrogens (tertiary/aromatic N) is 4. The van der Waals surface area contributed by atoms with Crippen molar-refractivity contribution >= 4 is 39.5 Å². The molecule has 1 aromatic carbocycles. The Hall–Kier alpha value is -2.15. The topological polar surface area (TPSA) is 52.3 Å². The average Bonchev–Trinajstić information content (AvgIpc) is 3.09. The van der Waals surface area contributed by atoms with Crippen molar-refractivity contribution in [2.75, 3.05) is 0 Å². The van der Waals surface area contributed by atoms with Gasteiger partial charge in [-0.15, -0.1) is 5.10 Å². The fraction of sp³-hybridized carbons (Fsp3) is 0. The quantitative estimate of drug-likeness (QED) is 0.483. The van der Waals surface area contributed by atoms with E-state index in [2.05, 4.69) is 15.1 Å². The van der Waals surface area contributed by atoms with Crippen LogP contribution in [0.15, 0.2) is 48.8 Å². The van der Waals surface area contributed by atoms with Crippen LogP contribution in [0.1, 0.15) is 0 Å². The molecule has 0 unspecified atom stereocenters. The summed E-state index contributed by atoms with van der Waals surface area (Å²) in [6.07, 6.45) is 3.44. The maximum atomic E-state index is 5.97. The third-order valence-corrected chi connectivity index (χ3v) is 4.42. The van der Waals surface area contributed by atoms with E-state index in [0.717, 1.165) is 16.2 Å². The highest BCUT2D eigenvalue weighted by molar-refractivity contribution is 7.18. The minimum atomic E-state index is 0.294. The maximum absolute atomic E-state index is 5.97. The zero-order chi connectivity index (χ0) is 15.8. The van der Waals surface area contributed by atoms with E-state index in [1.54, 1.807) is 22.8 Å². The lowest BCUT2D eigenvalue weighted by Gasteiger charge is -2.01. The molecule has 4 aromatic rings. The first kappa shape index (κ1) is 14.4. The third-order valence-electron chi connectivity index (χ3n) is 3.09. The van der Waals surface area contributed by atoms with Gasteiger partial charge in [-0.05, 0) is 35.6 Å². The van der Waals surface area contributed by atoms with Gasteiger partial charge in [0.25, 0.3) is 5.19 Å². The van der Waals surface area contributed by atoms with E-state index < -0.39 is 0 Å². The lowest BCUT2D eigenvalue weighted by Crippen LogP contribution is -1.88. The highest BCUT2D eigenvalue weighted by atomic mass is 35.5. The van der Waals surface area contributed by atoms with Crippen molar-refractivity contribution in [1.82, 2.24) is 19.6 Å². The van der Waals surface area contributed by atoms with E-state index in [1.807, 2.05) is 30.5 Å². The van der Waals surface area contributed by atoms with Gasteiger partial charge < -0.3 is 4.74 Å². The SMILES string of the molecule is Clc1ccc(-c2cn3nc(Oc4cccnc4Cl)sc3n2)cc1. The molecule has 0 fully saturated rings. The fourth-order valence-electron chi connectivity index (χ4n) is 2.02. The van der Waals surface area contributed by atoms with Gasteiger partial charge in [0.1, 0.15) is 0 Å². The van der Waals surface area contributed by atoms with E-state index in [4.69, 9.17) is 27.9 Å². The number of imidazole rings is 1. The standard InChI is InChI=1S/C15H8Cl2N4OS/c16-10-5-3-9(4-6-10)11-8-21-14(19-11)23-15(20-21)22-12-2-1-7-18-13(12)17/h1-8H. The summed E-state index contributed by atoms with van der Waals surface area (Å²) in [5.74, 6) is 0.462. The number of hydrogen-bond donors (Lipinski definition) is 0. The Kier molecular flexibility index (Phi) is 3.65. The molecule has 3 heterocycles. The summed E-state index contributed by atoms with van der Waals surface area (Å²) in [6.45, 7) is 0. The molecule has 0 amide bonds. The molecule has 0 bridgehead atoms. The van der Waals surface area contributed by atoms with Gasteiger partial charge in [-0.1, -0.05) is 35.3 Å². The summed E-state index contributed by atoms with van der Waals surface area (Å²) in [7, 11) is 0. The van der Waals surface area contributed by atoms with Crippen LogP contribution in [-0.4, -0.2) is 19.6 Å². The van der Waals surface area contributed by atoms with Gasteiger partial charge in [-0.3, -0.25) is 0 Å². The predicted octanol–water partition coefficient (Wildman–Crippen LogP) is 4.95. The Labute approximate surface area is 145 Å². The van der Waals surface area contributed by atoms with Gasteiger partial charge in [0.15, 0.2) is 10.9 Å². The van der Waals surface area contributed by atoms with Crippen molar-refractivity contribution in [2.45, 2.75) is 0 Å². The van der Waals surface area contributed by atoms with E-state index in [-0.39, 0.29) is 0 Å². The molecule has 0 saturated carbocycles. The predicted molar refractivity (Wildman–Crippen MR) is 90.6 cm³/mol. The van der Waals surface area contributed by atoms with Crippen molar-refractivity contribution in [3.8, 4) is 22.2 Å². The molecule has 0 aliphatic rings. The van der Waals surface area contributed by atoms with Crippen molar-refractivity contribution in [2.24, 2.45) is 0 Å². The summed E-state index contributed by atoms with van der Waals surface area (Å²) in [5.41, 5.74) is 1.80. The number of pyridine rings is 1. The normalized spacial score (nSPS) is 11.0. The number of hydrogen-bond acceptors (Lipinski definition) is 5. The van der Waals surface area contributed by atoms with Crippen LogP contribution in [0.25, 0.3) is 16.2 Å². The summed E-state index contributed by atoms with van der Waals surface area (Å²) in [6, 6.07) is 11.0. The van der Waals surface area contributed by atoms with E-state index in [1.165, 1.54) is 11.3 Å². The molecule has 4 rings (SSSR count). The Balaban J connectivity index is 1.64. The van der Waals surface area contributed by atoms with Gasteiger partial charge in [-0.25, -0.2) is 14.5 Å². The lowest BCUT2D eigenvalue weighted by molar-refractivity contribution is 0.468. The summed E-state index contributed by atoms with van der Waals surface area (Å²) in [5, 5.41) is 5.79. The monoisotopic (exact) mass is 362 g/mol.